The third kappa shape index (κ3) is 5.50. The van der Waals surface area contributed by atoms with E-state index in [2.05, 4.69) is 37.1 Å². The van der Waals surface area contributed by atoms with Gasteiger partial charge in [0, 0.05) is 18.3 Å². The Morgan fingerprint density at radius 2 is 2.06 bits per heavy atom. The van der Waals surface area contributed by atoms with Crippen LogP contribution in [0.3, 0.4) is 0 Å². The highest BCUT2D eigenvalue weighted by molar-refractivity contribution is 5.18. The van der Waals surface area contributed by atoms with E-state index in [-0.39, 0.29) is 0 Å². The zero-order chi connectivity index (χ0) is 13.4. The highest BCUT2D eigenvalue weighted by Gasteiger charge is 2.09. The van der Waals surface area contributed by atoms with Crippen LogP contribution in [-0.2, 0) is 6.42 Å². The van der Waals surface area contributed by atoms with Crippen LogP contribution in [0.25, 0.3) is 0 Å². The lowest BCUT2D eigenvalue weighted by Gasteiger charge is -2.19. The molecule has 0 saturated heterocycles. The van der Waals surface area contributed by atoms with Gasteiger partial charge in [0.15, 0.2) is 0 Å². The summed E-state index contributed by atoms with van der Waals surface area (Å²) in [6.45, 7) is 7.73. The number of hydrogen-bond donors (Lipinski definition) is 1. The van der Waals surface area contributed by atoms with Gasteiger partial charge in [-0.3, -0.25) is 0 Å². The van der Waals surface area contributed by atoms with Gasteiger partial charge in [0.25, 0.3) is 0 Å². The molecule has 0 aliphatic heterocycles. The number of aromatic nitrogens is 1. The normalized spacial score (nSPS) is 12.7. The van der Waals surface area contributed by atoms with Gasteiger partial charge in [-0.1, -0.05) is 26.8 Å². The Bertz CT molecular complexity index is 322. The number of methoxy groups -OCH3 is 1. The molecule has 0 bridgehead atoms. The van der Waals surface area contributed by atoms with Crippen LogP contribution in [-0.4, -0.2) is 24.7 Å². The van der Waals surface area contributed by atoms with Crippen molar-refractivity contribution in [3.8, 4) is 5.88 Å². The summed E-state index contributed by atoms with van der Waals surface area (Å²) in [5.74, 6) is 1.45. The maximum absolute atomic E-state index is 5.07. The lowest BCUT2D eigenvalue weighted by molar-refractivity contribution is 0.396. The summed E-state index contributed by atoms with van der Waals surface area (Å²) in [7, 11) is 1.64. The predicted octanol–water partition coefficient (Wildman–Crippen LogP) is 3.05. The third-order valence-electron chi connectivity index (χ3n) is 3.07. The number of rotatable bonds is 8. The highest BCUT2D eigenvalue weighted by Crippen LogP contribution is 2.13. The van der Waals surface area contributed by atoms with E-state index in [4.69, 9.17) is 4.74 Å². The molecule has 18 heavy (non-hydrogen) atoms. The molecule has 0 aliphatic carbocycles. The number of nitrogens with zero attached hydrogens (tertiary/aromatic N) is 1. The topological polar surface area (TPSA) is 34.1 Å². The summed E-state index contributed by atoms with van der Waals surface area (Å²) in [4.78, 5) is 4.26. The quantitative estimate of drug-likeness (QED) is 0.770. The summed E-state index contributed by atoms with van der Waals surface area (Å²) in [6.07, 6.45) is 5.44. The van der Waals surface area contributed by atoms with E-state index >= 15 is 0 Å². The second-order valence-corrected chi connectivity index (χ2v) is 5.14. The molecule has 0 radical (unpaired) electrons. The zero-order valence-corrected chi connectivity index (χ0v) is 12.1. The molecule has 0 fully saturated rings. The minimum atomic E-state index is 0.549. The Hall–Kier alpha value is -1.09. The van der Waals surface area contributed by atoms with Crippen molar-refractivity contribution in [3.63, 3.8) is 0 Å². The maximum Gasteiger partial charge on any atom is 0.212 e. The number of pyridine rings is 1. The average Bonchev–Trinajstić information content (AvgIpc) is 2.37. The molecule has 102 valence electrons. The molecule has 0 aliphatic rings. The van der Waals surface area contributed by atoms with E-state index in [0.29, 0.717) is 11.9 Å². The van der Waals surface area contributed by atoms with Crippen LogP contribution < -0.4 is 10.1 Å². The van der Waals surface area contributed by atoms with Crippen molar-refractivity contribution in [3.05, 3.63) is 23.9 Å². The predicted molar refractivity (Wildman–Crippen MR) is 76.0 cm³/mol. The van der Waals surface area contributed by atoms with Gasteiger partial charge in [-0.15, -0.1) is 0 Å². The Balaban J connectivity index is 2.52. The van der Waals surface area contributed by atoms with Gasteiger partial charge >= 0.3 is 0 Å². The molecule has 1 unspecified atom stereocenters. The first-order chi connectivity index (χ1) is 8.65. The van der Waals surface area contributed by atoms with E-state index < -0.39 is 0 Å². The van der Waals surface area contributed by atoms with Gasteiger partial charge in [-0.05, 0) is 37.3 Å². The van der Waals surface area contributed by atoms with Gasteiger partial charge in [-0.25, -0.2) is 4.98 Å². The summed E-state index contributed by atoms with van der Waals surface area (Å²) in [5.41, 5.74) is 1.27. The van der Waals surface area contributed by atoms with Crippen LogP contribution in [0.2, 0.25) is 0 Å². The van der Waals surface area contributed by atoms with Crippen molar-refractivity contribution in [2.45, 2.75) is 46.1 Å². The fourth-order valence-corrected chi connectivity index (χ4v) is 2.04. The zero-order valence-electron chi connectivity index (χ0n) is 12.1. The van der Waals surface area contributed by atoms with Crippen LogP contribution in [0, 0.1) is 5.92 Å². The van der Waals surface area contributed by atoms with E-state index in [1.165, 1.54) is 18.4 Å². The fraction of sp³-hybridized carbons (Fsp3) is 0.667. The number of nitrogens with one attached hydrogen (secondary N) is 1. The van der Waals surface area contributed by atoms with Gasteiger partial charge < -0.3 is 10.1 Å². The summed E-state index contributed by atoms with van der Waals surface area (Å²) < 4.78 is 5.07. The molecule has 1 aromatic heterocycles. The van der Waals surface area contributed by atoms with Crippen LogP contribution >= 0.6 is 0 Å². The first kappa shape index (κ1) is 15.0. The van der Waals surface area contributed by atoms with Gasteiger partial charge in [0.1, 0.15) is 0 Å². The molecule has 0 amide bonds. The van der Waals surface area contributed by atoms with Crippen molar-refractivity contribution in [2.75, 3.05) is 13.7 Å². The second kappa shape index (κ2) is 8.09. The fourth-order valence-electron chi connectivity index (χ4n) is 2.04. The van der Waals surface area contributed by atoms with E-state index in [9.17, 15) is 0 Å². The van der Waals surface area contributed by atoms with Crippen molar-refractivity contribution < 1.29 is 4.74 Å². The standard InChI is InChI=1S/C15H26N2O/c1-5-16-14(8-6-12(2)3)10-13-7-9-15(18-4)17-11-13/h7,9,11-12,14,16H,5-6,8,10H2,1-4H3. The van der Waals surface area contributed by atoms with Crippen molar-refractivity contribution >= 4 is 0 Å². The minimum Gasteiger partial charge on any atom is -0.481 e. The van der Waals surface area contributed by atoms with E-state index in [1.807, 2.05) is 12.3 Å². The smallest absolute Gasteiger partial charge is 0.212 e. The first-order valence-corrected chi connectivity index (χ1v) is 6.88. The largest absolute Gasteiger partial charge is 0.481 e. The summed E-state index contributed by atoms with van der Waals surface area (Å²) in [5, 5.41) is 3.56. The van der Waals surface area contributed by atoms with Crippen LogP contribution in [0.1, 0.15) is 39.2 Å². The molecule has 3 nitrogen and oxygen atoms in total. The molecular formula is C15H26N2O. The molecule has 1 atom stereocenters. The second-order valence-electron chi connectivity index (χ2n) is 5.14. The van der Waals surface area contributed by atoms with Gasteiger partial charge in [0.05, 0.1) is 7.11 Å². The monoisotopic (exact) mass is 250 g/mol. The Morgan fingerprint density at radius 3 is 2.56 bits per heavy atom. The summed E-state index contributed by atoms with van der Waals surface area (Å²) >= 11 is 0. The molecule has 3 heteroatoms. The Labute approximate surface area is 111 Å². The molecule has 1 N–H and O–H groups in total. The lowest BCUT2D eigenvalue weighted by Crippen LogP contribution is -2.31. The van der Waals surface area contributed by atoms with Gasteiger partial charge in [-0.2, -0.15) is 0 Å². The Kier molecular flexibility index (Phi) is 6.73. The Morgan fingerprint density at radius 1 is 1.28 bits per heavy atom. The highest BCUT2D eigenvalue weighted by atomic mass is 16.5. The molecular weight excluding hydrogens is 224 g/mol. The van der Waals surface area contributed by atoms with Crippen LogP contribution in [0.4, 0.5) is 0 Å². The molecule has 1 rings (SSSR count). The molecule has 1 aromatic rings. The number of hydrogen-bond acceptors (Lipinski definition) is 3. The number of likely N-dealkylation sites (N-methyl/N-ethyl adjacent to an activating group) is 1. The van der Waals surface area contributed by atoms with E-state index in [0.717, 1.165) is 18.9 Å². The van der Waals surface area contributed by atoms with Crippen molar-refractivity contribution in [2.24, 2.45) is 5.92 Å². The SMILES string of the molecule is CCNC(CCC(C)C)Cc1ccc(OC)nc1. The average molecular weight is 250 g/mol. The summed E-state index contributed by atoms with van der Waals surface area (Å²) in [6, 6.07) is 4.58. The maximum atomic E-state index is 5.07. The number of ether oxygens (including phenoxy) is 1. The van der Waals surface area contributed by atoms with Crippen LogP contribution in [0.15, 0.2) is 18.3 Å². The molecule has 0 aromatic carbocycles. The lowest BCUT2D eigenvalue weighted by atomic mass is 9.98. The molecule has 1 heterocycles. The molecule has 0 spiro atoms. The van der Waals surface area contributed by atoms with Gasteiger partial charge in [0.2, 0.25) is 5.88 Å². The van der Waals surface area contributed by atoms with E-state index in [1.54, 1.807) is 7.11 Å². The first-order valence-electron chi connectivity index (χ1n) is 6.88. The molecule has 0 saturated carbocycles. The van der Waals surface area contributed by atoms with Crippen molar-refractivity contribution in [1.82, 2.24) is 10.3 Å². The minimum absolute atomic E-state index is 0.549. The van der Waals surface area contributed by atoms with Crippen molar-refractivity contribution in [1.29, 1.82) is 0 Å². The third-order valence-corrected chi connectivity index (χ3v) is 3.07. The van der Waals surface area contributed by atoms with Crippen LogP contribution in [0.5, 0.6) is 5.88 Å².